The van der Waals surface area contributed by atoms with Gasteiger partial charge in [0.05, 0.1) is 9.80 Å². The molecule has 9 heteroatoms. The molecule has 5 nitrogen and oxygen atoms in total. The van der Waals surface area contributed by atoms with Gasteiger partial charge in [0.15, 0.2) is 4.32 Å². The highest BCUT2D eigenvalue weighted by atomic mass is 32.2. The Labute approximate surface area is 153 Å². The average Bonchev–Trinajstić information content (AvgIpc) is 2.85. The zero-order chi connectivity index (χ0) is 18.0. The highest BCUT2D eigenvalue weighted by molar-refractivity contribution is 8.26. The molecule has 1 saturated heterocycles. The summed E-state index contributed by atoms with van der Waals surface area (Å²) in [5, 5.41) is 0.773. The van der Waals surface area contributed by atoms with Crippen LogP contribution < -0.4 is 4.83 Å². The topological polar surface area (TPSA) is 66.5 Å². The molecule has 1 heterocycles. The maximum Gasteiger partial charge on any atom is 0.281 e. The van der Waals surface area contributed by atoms with E-state index in [0.29, 0.717) is 0 Å². The highest BCUT2D eigenvalue weighted by Gasteiger charge is 2.35. The van der Waals surface area contributed by atoms with Crippen LogP contribution in [0.3, 0.4) is 0 Å². The Balaban J connectivity index is 1.86. The van der Waals surface area contributed by atoms with E-state index in [0.717, 1.165) is 16.8 Å². The second kappa shape index (κ2) is 7.04. The molecule has 1 fully saturated rings. The lowest BCUT2D eigenvalue weighted by Crippen LogP contribution is -2.44. The largest absolute Gasteiger partial charge is 0.281 e. The second-order valence-electron chi connectivity index (χ2n) is 4.95. The van der Waals surface area contributed by atoms with Crippen molar-refractivity contribution < 1.29 is 17.6 Å². The molecule has 0 bridgehead atoms. The van der Waals surface area contributed by atoms with Gasteiger partial charge in [-0.25, -0.2) is 17.8 Å². The Kier molecular flexibility index (Phi) is 5.00. The van der Waals surface area contributed by atoms with Gasteiger partial charge in [0, 0.05) is 5.56 Å². The molecule has 1 aliphatic rings. The van der Waals surface area contributed by atoms with Gasteiger partial charge in [-0.2, -0.15) is 0 Å². The second-order valence-corrected chi connectivity index (χ2v) is 8.28. The van der Waals surface area contributed by atoms with Crippen LogP contribution in [0, 0.1) is 5.82 Å². The number of thioether (sulfide) groups is 1. The van der Waals surface area contributed by atoms with Crippen LogP contribution >= 0.6 is 24.0 Å². The van der Waals surface area contributed by atoms with Gasteiger partial charge in [0.2, 0.25) is 0 Å². The summed E-state index contributed by atoms with van der Waals surface area (Å²) >= 11 is 5.96. The van der Waals surface area contributed by atoms with Gasteiger partial charge in [-0.3, -0.25) is 4.79 Å². The van der Waals surface area contributed by atoms with Crippen LogP contribution in [-0.4, -0.2) is 23.7 Å². The van der Waals surface area contributed by atoms with Gasteiger partial charge in [-0.05, 0) is 24.3 Å². The fraction of sp³-hybridized carbons (Fsp3) is 0. The minimum atomic E-state index is -3.96. The van der Waals surface area contributed by atoms with Crippen molar-refractivity contribution in [2.45, 2.75) is 4.90 Å². The van der Waals surface area contributed by atoms with Crippen molar-refractivity contribution in [3.05, 3.63) is 70.9 Å². The Morgan fingerprint density at radius 1 is 1.08 bits per heavy atom. The van der Waals surface area contributed by atoms with Gasteiger partial charge in [0.1, 0.15) is 5.82 Å². The van der Waals surface area contributed by atoms with E-state index in [4.69, 9.17) is 12.2 Å². The number of hydrogen-bond acceptors (Lipinski definition) is 5. The van der Waals surface area contributed by atoms with E-state index in [1.807, 2.05) is 0 Å². The van der Waals surface area contributed by atoms with E-state index in [9.17, 15) is 17.6 Å². The summed E-state index contributed by atoms with van der Waals surface area (Å²) in [6, 6.07) is 13.5. The number of carbonyl (C=O) groups excluding carboxylic acids is 1. The van der Waals surface area contributed by atoms with Crippen LogP contribution in [0.2, 0.25) is 0 Å². The molecule has 1 aliphatic heterocycles. The first-order valence-corrected chi connectivity index (χ1v) is 9.69. The smallest absolute Gasteiger partial charge is 0.267 e. The quantitative estimate of drug-likeness (QED) is 0.638. The van der Waals surface area contributed by atoms with Crippen LogP contribution in [0.4, 0.5) is 4.39 Å². The van der Waals surface area contributed by atoms with Gasteiger partial charge in [-0.1, -0.05) is 60.4 Å². The van der Waals surface area contributed by atoms with Crippen molar-refractivity contribution in [1.82, 2.24) is 9.84 Å². The van der Waals surface area contributed by atoms with E-state index in [-0.39, 0.29) is 19.7 Å². The van der Waals surface area contributed by atoms with E-state index in [1.54, 1.807) is 24.3 Å². The predicted molar refractivity (Wildman–Crippen MR) is 98.2 cm³/mol. The number of benzene rings is 2. The standard InChI is InChI=1S/C16H11FN2O3S3/c17-13-9-5-4-6-11(13)10-14-15(20)19(16(23)24-14)18-25(21,22)12-7-2-1-3-8-12/h1-10,18H/b14-10+. The normalized spacial score (nSPS) is 16.7. The fourth-order valence-electron chi connectivity index (χ4n) is 2.05. The van der Waals surface area contributed by atoms with Gasteiger partial charge in [-0.15, -0.1) is 4.83 Å². The summed E-state index contributed by atoms with van der Waals surface area (Å²) in [6.07, 6.45) is 1.34. The lowest BCUT2D eigenvalue weighted by Gasteiger charge is -2.15. The van der Waals surface area contributed by atoms with Crippen LogP contribution in [0.15, 0.2) is 64.4 Å². The van der Waals surface area contributed by atoms with Gasteiger partial charge < -0.3 is 0 Å². The van der Waals surface area contributed by atoms with Crippen molar-refractivity contribution in [2.75, 3.05) is 0 Å². The zero-order valence-corrected chi connectivity index (χ0v) is 15.0. The van der Waals surface area contributed by atoms with Crippen LogP contribution in [0.5, 0.6) is 0 Å². The number of hydrogen-bond donors (Lipinski definition) is 1. The third kappa shape index (κ3) is 3.79. The molecule has 0 saturated carbocycles. The van der Waals surface area contributed by atoms with E-state index in [1.165, 1.54) is 36.4 Å². The van der Waals surface area contributed by atoms with Crippen molar-refractivity contribution >= 4 is 50.3 Å². The van der Waals surface area contributed by atoms with Crippen LogP contribution in [-0.2, 0) is 14.8 Å². The van der Waals surface area contributed by atoms with Crippen molar-refractivity contribution in [2.24, 2.45) is 0 Å². The van der Waals surface area contributed by atoms with Crippen LogP contribution in [0.25, 0.3) is 6.08 Å². The highest BCUT2D eigenvalue weighted by Crippen LogP contribution is 2.32. The third-order valence-electron chi connectivity index (χ3n) is 3.25. The van der Waals surface area contributed by atoms with Gasteiger partial charge >= 0.3 is 0 Å². The number of halogens is 1. The third-order valence-corrected chi connectivity index (χ3v) is 5.87. The lowest BCUT2D eigenvalue weighted by molar-refractivity contribution is -0.123. The Morgan fingerprint density at radius 3 is 2.40 bits per heavy atom. The molecule has 0 spiro atoms. The molecule has 25 heavy (non-hydrogen) atoms. The molecule has 0 atom stereocenters. The van der Waals surface area contributed by atoms with Gasteiger partial charge in [0.25, 0.3) is 15.9 Å². The Bertz CT molecular complexity index is 975. The number of rotatable bonds is 4. The summed E-state index contributed by atoms with van der Waals surface area (Å²) in [5.41, 5.74) is 0.217. The summed E-state index contributed by atoms with van der Waals surface area (Å²) in [5.74, 6) is -1.14. The first kappa shape index (κ1) is 17.7. The fourth-order valence-corrected chi connectivity index (χ4v) is 4.37. The maximum atomic E-state index is 13.7. The van der Waals surface area contributed by atoms with E-state index in [2.05, 4.69) is 4.83 Å². The number of carbonyl (C=O) groups is 1. The lowest BCUT2D eigenvalue weighted by atomic mass is 10.2. The first-order chi connectivity index (χ1) is 11.9. The van der Waals surface area contributed by atoms with E-state index < -0.39 is 21.7 Å². The molecule has 2 aromatic carbocycles. The van der Waals surface area contributed by atoms with Crippen LogP contribution in [0.1, 0.15) is 5.56 Å². The molecule has 0 radical (unpaired) electrons. The maximum absolute atomic E-state index is 13.7. The summed E-state index contributed by atoms with van der Waals surface area (Å²) < 4.78 is 38.4. The SMILES string of the molecule is O=C1/C(=C\c2ccccc2F)SC(=S)N1NS(=O)(=O)c1ccccc1. The zero-order valence-electron chi connectivity index (χ0n) is 12.5. The molecule has 0 aliphatic carbocycles. The summed E-state index contributed by atoms with van der Waals surface area (Å²) in [7, 11) is -3.96. The van der Waals surface area contributed by atoms with Crippen molar-refractivity contribution in [3.63, 3.8) is 0 Å². The molecular formula is C16H11FN2O3S3. The predicted octanol–water partition coefficient (Wildman–Crippen LogP) is 2.92. The molecular weight excluding hydrogens is 383 g/mol. The molecule has 3 rings (SSSR count). The summed E-state index contributed by atoms with van der Waals surface area (Å²) in [6.45, 7) is 0. The molecule has 0 aromatic heterocycles. The monoisotopic (exact) mass is 394 g/mol. The Hall–Kier alpha value is -2.07. The van der Waals surface area contributed by atoms with Crippen molar-refractivity contribution in [1.29, 1.82) is 0 Å². The molecule has 2 aromatic rings. The molecule has 1 amide bonds. The Morgan fingerprint density at radius 2 is 1.72 bits per heavy atom. The minimum Gasteiger partial charge on any atom is -0.267 e. The number of nitrogens with zero attached hydrogens (tertiary/aromatic N) is 1. The number of thiocarbonyl (C=S) groups is 1. The number of sulfonamides is 1. The number of nitrogens with one attached hydrogen (secondary N) is 1. The van der Waals surface area contributed by atoms with E-state index >= 15 is 0 Å². The molecule has 1 N–H and O–H groups in total. The summed E-state index contributed by atoms with van der Waals surface area (Å²) in [4.78, 5) is 14.7. The minimum absolute atomic E-state index is 0.00198. The molecule has 0 unspecified atom stereocenters. The van der Waals surface area contributed by atoms with Crippen molar-refractivity contribution in [3.8, 4) is 0 Å². The average molecular weight is 394 g/mol. The number of amides is 1. The molecule has 128 valence electrons. The first-order valence-electron chi connectivity index (χ1n) is 6.98. The number of hydrazine groups is 1.